The summed E-state index contributed by atoms with van der Waals surface area (Å²) in [6.07, 6.45) is -7.96. The van der Waals surface area contributed by atoms with E-state index >= 15 is 0 Å². The van der Waals surface area contributed by atoms with E-state index in [4.69, 9.17) is 18.9 Å². The molecule has 1 aromatic rings. The number of hydrogen-bond donors (Lipinski definition) is 4. The second kappa shape index (κ2) is 10.1. The van der Waals surface area contributed by atoms with E-state index in [1.165, 1.54) is 27.7 Å². The topological polar surface area (TPSA) is 169 Å². The Morgan fingerprint density at radius 2 is 1.67 bits per heavy atom. The number of aliphatic hydroxyl groups excluding tert-OH is 3. The zero-order valence-corrected chi connectivity index (χ0v) is 24.7. The van der Waals surface area contributed by atoms with E-state index in [9.17, 15) is 34.8 Å². The van der Waals surface area contributed by atoms with E-state index in [1.807, 2.05) is 0 Å². The highest BCUT2D eigenvalue weighted by Gasteiger charge is 2.79. The second-order valence-corrected chi connectivity index (χ2v) is 13.0. The Balaban J connectivity index is 1.83. The lowest BCUT2D eigenvalue weighted by Crippen LogP contribution is -2.78. The van der Waals surface area contributed by atoms with Gasteiger partial charge in [0.05, 0.1) is 41.3 Å². The Labute approximate surface area is 244 Å². The number of esters is 3. The molecule has 0 amide bonds. The molecule has 230 valence electrons. The molecule has 11 heteroatoms. The molecule has 2 saturated carbocycles. The van der Waals surface area contributed by atoms with Crippen LogP contribution in [-0.2, 0) is 28.5 Å². The van der Waals surface area contributed by atoms with Gasteiger partial charge in [-0.05, 0) is 50.5 Å². The van der Waals surface area contributed by atoms with E-state index in [-0.39, 0.29) is 30.6 Å². The van der Waals surface area contributed by atoms with Gasteiger partial charge >= 0.3 is 17.9 Å². The van der Waals surface area contributed by atoms with Crippen LogP contribution in [0.4, 0.5) is 0 Å². The van der Waals surface area contributed by atoms with Crippen molar-refractivity contribution in [2.45, 2.75) is 102 Å². The summed E-state index contributed by atoms with van der Waals surface area (Å²) in [5, 5.41) is 47.4. The van der Waals surface area contributed by atoms with Crippen LogP contribution in [0.3, 0.4) is 0 Å². The Bertz CT molecular complexity index is 1300. The van der Waals surface area contributed by atoms with E-state index in [0.29, 0.717) is 5.57 Å². The number of benzene rings is 1. The lowest BCUT2D eigenvalue weighted by Gasteiger charge is -2.65. The fourth-order valence-electron chi connectivity index (χ4n) is 8.27. The van der Waals surface area contributed by atoms with E-state index in [0.717, 1.165) is 0 Å². The maximum atomic E-state index is 13.5. The number of fused-ring (bicyclic) bond motifs is 4. The summed E-state index contributed by atoms with van der Waals surface area (Å²) < 4.78 is 23.9. The average molecular weight is 589 g/mol. The molecule has 0 aromatic heterocycles. The quantitative estimate of drug-likeness (QED) is 0.223. The van der Waals surface area contributed by atoms with Crippen LogP contribution < -0.4 is 0 Å². The summed E-state index contributed by atoms with van der Waals surface area (Å²) in [5.41, 5.74) is -5.78. The molecule has 10 atom stereocenters. The number of carbonyl (C=O) groups is 3. The van der Waals surface area contributed by atoms with Crippen molar-refractivity contribution in [1.29, 1.82) is 0 Å². The van der Waals surface area contributed by atoms with E-state index in [2.05, 4.69) is 0 Å². The Hall–Kier alpha value is -2.83. The van der Waals surface area contributed by atoms with Crippen LogP contribution in [-0.4, -0.2) is 92.8 Å². The van der Waals surface area contributed by atoms with Gasteiger partial charge in [-0.1, -0.05) is 25.1 Å². The third-order valence-corrected chi connectivity index (χ3v) is 10.3. The summed E-state index contributed by atoms with van der Waals surface area (Å²) in [5.74, 6) is -3.31. The molecule has 42 heavy (non-hydrogen) atoms. The molecular formula is C31H40O11. The van der Waals surface area contributed by atoms with Crippen molar-refractivity contribution in [1.82, 2.24) is 0 Å². The van der Waals surface area contributed by atoms with Crippen molar-refractivity contribution in [3.05, 3.63) is 47.0 Å². The van der Waals surface area contributed by atoms with Crippen LogP contribution in [0.25, 0.3) is 0 Å². The maximum Gasteiger partial charge on any atom is 0.338 e. The summed E-state index contributed by atoms with van der Waals surface area (Å²) in [7, 11) is 0. The lowest BCUT2D eigenvalue weighted by atomic mass is 9.49. The number of ether oxygens (including phenoxy) is 4. The highest BCUT2D eigenvalue weighted by molar-refractivity contribution is 5.89. The minimum atomic E-state index is -1.76. The maximum absolute atomic E-state index is 13.5. The predicted octanol–water partition coefficient (Wildman–Crippen LogP) is 1.44. The molecule has 11 nitrogen and oxygen atoms in total. The van der Waals surface area contributed by atoms with Crippen LogP contribution >= 0.6 is 0 Å². The predicted molar refractivity (Wildman–Crippen MR) is 146 cm³/mol. The van der Waals surface area contributed by atoms with Gasteiger partial charge in [0, 0.05) is 25.7 Å². The molecule has 1 aromatic carbocycles. The van der Waals surface area contributed by atoms with Crippen LogP contribution in [0.2, 0.25) is 0 Å². The molecule has 1 heterocycles. The minimum absolute atomic E-state index is 0.0281. The summed E-state index contributed by atoms with van der Waals surface area (Å²) in [6.45, 7) is 8.48. The first-order chi connectivity index (χ1) is 19.5. The third kappa shape index (κ3) is 4.16. The molecule has 0 bridgehead atoms. The molecule has 1 saturated heterocycles. The summed E-state index contributed by atoms with van der Waals surface area (Å²) in [4.78, 5) is 38.9. The SMILES string of the molecule is CC(=O)O[C@H]1[C@H]2[C@]3(OC(C)=O)CO[C@@H]3C[C@H](O)[C@@]2(C)[C@@H](O)[C@H](OC(=O)c2ccccc2)C2=C(C)[C@@H](O)C[C@]21C(C)(C)O. The van der Waals surface area contributed by atoms with E-state index < -0.39 is 82.5 Å². The third-order valence-electron chi connectivity index (χ3n) is 10.3. The standard InChI is InChI=1S/C31H40O11/c1-15-19(34)13-30(28(4,5)38)22(15)23(41-27(37)18-10-8-7-9-11-18)25(36)29(6)20(35)12-21-31(14-39-21,42-17(3)33)24(29)26(30)40-16(2)32/h7-11,19-21,23-26,34-36,38H,12-14H2,1-6H3/t19-,20-,21+,23+,24+,25-,26-,29+,30-,31-/m0/s1. The Morgan fingerprint density at radius 3 is 2.19 bits per heavy atom. The first-order valence-corrected chi connectivity index (χ1v) is 14.2. The lowest BCUT2D eigenvalue weighted by molar-refractivity contribution is -0.352. The molecule has 3 aliphatic carbocycles. The Kier molecular flexibility index (Phi) is 7.38. The molecule has 1 aliphatic heterocycles. The van der Waals surface area contributed by atoms with Gasteiger partial charge in [-0.3, -0.25) is 9.59 Å². The smallest absolute Gasteiger partial charge is 0.338 e. The molecular weight excluding hydrogens is 548 g/mol. The molecule has 4 aliphatic rings. The van der Waals surface area contributed by atoms with Gasteiger partial charge < -0.3 is 39.4 Å². The van der Waals surface area contributed by atoms with Crippen LogP contribution in [0.1, 0.15) is 64.7 Å². The molecule has 5 rings (SSSR count). The fraction of sp³-hybridized carbons (Fsp3) is 0.645. The van der Waals surface area contributed by atoms with E-state index in [1.54, 1.807) is 44.2 Å². The molecule has 0 spiro atoms. The van der Waals surface area contributed by atoms with Crippen LogP contribution in [0.5, 0.6) is 0 Å². The molecule has 4 N–H and O–H groups in total. The molecule has 3 fully saturated rings. The fourth-order valence-corrected chi connectivity index (χ4v) is 8.27. The minimum Gasteiger partial charge on any atom is -0.461 e. The number of aliphatic hydroxyl groups is 4. The van der Waals surface area contributed by atoms with Crippen molar-refractivity contribution < 1.29 is 53.8 Å². The Morgan fingerprint density at radius 1 is 1.02 bits per heavy atom. The van der Waals surface area contributed by atoms with Crippen molar-refractivity contribution in [3.63, 3.8) is 0 Å². The van der Waals surface area contributed by atoms with Gasteiger partial charge in [-0.15, -0.1) is 0 Å². The molecule has 0 radical (unpaired) electrons. The van der Waals surface area contributed by atoms with Crippen LogP contribution in [0.15, 0.2) is 41.5 Å². The number of carbonyl (C=O) groups excluding carboxylic acids is 3. The highest BCUT2D eigenvalue weighted by atomic mass is 16.6. The van der Waals surface area contributed by atoms with Gasteiger partial charge in [-0.2, -0.15) is 0 Å². The first kappa shape index (κ1) is 30.6. The van der Waals surface area contributed by atoms with Gasteiger partial charge in [0.1, 0.15) is 18.3 Å². The largest absolute Gasteiger partial charge is 0.461 e. The second-order valence-electron chi connectivity index (χ2n) is 13.0. The zero-order valence-electron chi connectivity index (χ0n) is 24.7. The average Bonchev–Trinajstić information content (AvgIpc) is 3.14. The van der Waals surface area contributed by atoms with Crippen molar-refractivity contribution in [2.24, 2.45) is 16.7 Å². The molecule has 0 unspecified atom stereocenters. The summed E-state index contributed by atoms with van der Waals surface area (Å²) in [6, 6.07) is 8.14. The van der Waals surface area contributed by atoms with Gasteiger partial charge in [0.25, 0.3) is 0 Å². The zero-order chi connectivity index (χ0) is 31.0. The van der Waals surface area contributed by atoms with Crippen LogP contribution in [0, 0.1) is 16.7 Å². The number of hydrogen-bond acceptors (Lipinski definition) is 11. The van der Waals surface area contributed by atoms with Gasteiger partial charge in [0.15, 0.2) is 11.7 Å². The highest BCUT2D eigenvalue weighted by Crippen LogP contribution is 2.68. The van der Waals surface area contributed by atoms with Crippen molar-refractivity contribution >= 4 is 17.9 Å². The van der Waals surface area contributed by atoms with Crippen molar-refractivity contribution in [3.8, 4) is 0 Å². The van der Waals surface area contributed by atoms with Gasteiger partial charge in [-0.25, -0.2) is 4.79 Å². The first-order valence-electron chi connectivity index (χ1n) is 14.2. The van der Waals surface area contributed by atoms with Gasteiger partial charge in [0.2, 0.25) is 0 Å². The van der Waals surface area contributed by atoms with Crippen molar-refractivity contribution in [2.75, 3.05) is 6.61 Å². The summed E-state index contributed by atoms with van der Waals surface area (Å²) >= 11 is 0. The number of rotatable bonds is 5. The monoisotopic (exact) mass is 588 g/mol. The normalized spacial score (nSPS) is 41.0.